The van der Waals surface area contributed by atoms with Crippen molar-refractivity contribution >= 4 is 10.9 Å². The van der Waals surface area contributed by atoms with Gasteiger partial charge in [-0.15, -0.1) is 0 Å². The number of hydrogen-bond acceptors (Lipinski definition) is 2. The molecule has 3 heteroatoms. The Bertz CT molecular complexity index is 677. The van der Waals surface area contributed by atoms with E-state index in [4.69, 9.17) is 0 Å². The Kier molecular flexibility index (Phi) is 3.31. The average molecular weight is 297 g/mol. The lowest BCUT2D eigenvalue weighted by atomic mass is 9.72. The highest BCUT2D eigenvalue weighted by atomic mass is 15.2. The van der Waals surface area contributed by atoms with Crippen LogP contribution in [0.25, 0.3) is 10.9 Å². The van der Waals surface area contributed by atoms with E-state index in [9.17, 15) is 0 Å². The highest BCUT2D eigenvalue weighted by Crippen LogP contribution is 2.47. The summed E-state index contributed by atoms with van der Waals surface area (Å²) in [5.74, 6) is 0. The minimum absolute atomic E-state index is 0.235. The van der Waals surface area contributed by atoms with Gasteiger partial charge in [0.2, 0.25) is 0 Å². The van der Waals surface area contributed by atoms with Gasteiger partial charge >= 0.3 is 0 Å². The molecule has 1 aliphatic heterocycles. The first-order valence-electron chi connectivity index (χ1n) is 8.59. The molecule has 0 radical (unpaired) electrons. The fraction of sp³-hybridized carbons (Fsp3) is 0.579. The Balaban J connectivity index is 1.78. The number of benzene rings is 1. The van der Waals surface area contributed by atoms with Gasteiger partial charge in [-0.05, 0) is 64.9 Å². The van der Waals surface area contributed by atoms with E-state index in [0.717, 1.165) is 6.04 Å². The second kappa shape index (κ2) is 5.10. The van der Waals surface area contributed by atoms with Crippen molar-refractivity contribution < 1.29 is 0 Å². The van der Waals surface area contributed by atoms with Crippen molar-refractivity contribution in [3.05, 3.63) is 35.5 Å². The molecule has 0 amide bonds. The van der Waals surface area contributed by atoms with E-state index in [1.165, 1.54) is 55.2 Å². The van der Waals surface area contributed by atoms with Gasteiger partial charge in [0, 0.05) is 29.2 Å². The molecule has 0 bridgehead atoms. The zero-order valence-corrected chi connectivity index (χ0v) is 14.0. The normalized spacial score (nSPS) is 29.4. The van der Waals surface area contributed by atoms with Crippen LogP contribution in [0.5, 0.6) is 0 Å². The predicted molar refractivity (Wildman–Crippen MR) is 92.3 cm³/mol. The Labute approximate surface area is 133 Å². The topological polar surface area (TPSA) is 22.3 Å². The molecular weight excluding hydrogens is 270 g/mol. The van der Waals surface area contributed by atoms with Gasteiger partial charge in [-0.25, -0.2) is 0 Å². The number of aromatic amines is 1. The molecule has 2 aliphatic rings. The summed E-state index contributed by atoms with van der Waals surface area (Å²) in [6.07, 6.45) is 6.31. The van der Waals surface area contributed by atoms with Gasteiger partial charge in [0.05, 0.1) is 5.54 Å². The summed E-state index contributed by atoms with van der Waals surface area (Å²) in [6.45, 7) is 1.18. The maximum atomic E-state index is 3.80. The van der Waals surface area contributed by atoms with Gasteiger partial charge in [0.15, 0.2) is 0 Å². The summed E-state index contributed by atoms with van der Waals surface area (Å²) < 4.78 is 0. The predicted octanol–water partition coefficient (Wildman–Crippen LogP) is 3.36. The van der Waals surface area contributed by atoms with Crippen LogP contribution in [0.4, 0.5) is 0 Å². The first kappa shape index (κ1) is 14.3. The molecule has 0 unspecified atom stereocenters. The fourth-order valence-electron chi connectivity index (χ4n) is 4.77. The standard InChI is InChI=1S/C19H27N3/c1-21(2)14-8-11-19(12-9-14)18-16(10-13-22(19)3)15-6-4-5-7-17(15)20-18/h4-7,14,20H,8-13H2,1-3H3. The number of nitrogens with one attached hydrogen (secondary N) is 1. The second-order valence-electron chi connectivity index (χ2n) is 7.42. The molecule has 22 heavy (non-hydrogen) atoms. The van der Waals surface area contributed by atoms with E-state index >= 15 is 0 Å². The molecule has 1 aliphatic carbocycles. The summed E-state index contributed by atoms with van der Waals surface area (Å²) >= 11 is 0. The van der Waals surface area contributed by atoms with Gasteiger partial charge in [-0.3, -0.25) is 4.90 Å². The SMILES string of the molecule is CN(C)C1CCC2(CC1)c1[nH]c3ccccc3c1CCN2C. The minimum Gasteiger partial charge on any atom is -0.357 e. The summed E-state index contributed by atoms with van der Waals surface area (Å²) in [7, 11) is 6.77. The van der Waals surface area contributed by atoms with Crippen molar-refractivity contribution in [3.63, 3.8) is 0 Å². The average Bonchev–Trinajstić information content (AvgIpc) is 2.91. The lowest BCUT2D eigenvalue weighted by Gasteiger charge is -2.50. The van der Waals surface area contributed by atoms with Crippen LogP contribution in [-0.2, 0) is 12.0 Å². The van der Waals surface area contributed by atoms with Crippen LogP contribution in [0.1, 0.15) is 36.9 Å². The van der Waals surface area contributed by atoms with Crippen LogP contribution in [0.3, 0.4) is 0 Å². The number of aromatic nitrogens is 1. The number of rotatable bonds is 1. The molecule has 3 nitrogen and oxygen atoms in total. The largest absolute Gasteiger partial charge is 0.357 e. The molecule has 4 rings (SSSR count). The third kappa shape index (κ3) is 1.95. The quantitative estimate of drug-likeness (QED) is 0.872. The molecule has 1 N–H and O–H groups in total. The molecule has 0 atom stereocenters. The molecule has 0 saturated heterocycles. The van der Waals surface area contributed by atoms with Crippen molar-refractivity contribution in [3.8, 4) is 0 Å². The molecule has 1 aromatic carbocycles. The van der Waals surface area contributed by atoms with Crippen LogP contribution < -0.4 is 0 Å². The number of fused-ring (bicyclic) bond motifs is 4. The number of para-hydroxylation sites is 1. The van der Waals surface area contributed by atoms with Crippen LogP contribution in [0, 0.1) is 0 Å². The van der Waals surface area contributed by atoms with Crippen LogP contribution in [0.2, 0.25) is 0 Å². The molecule has 1 fully saturated rings. The summed E-state index contributed by atoms with van der Waals surface area (Å²) in [6, 6.07) is 9.57. The Morgan fingerprint density at radius 2 is 1.91 bits per heavy atom. The van der Waals surface area contributed by atoms with E-state index in [2.05, 4.69) is 60.2 Å². The monoisotopic (exact) mass is 297 g/mol. The highest BCUT2D eigenvalue weighted by molar-refractivity contribution is 5.85. The third-order valence-corrected chi connectivity index (χ3v) is 6.22. The Hall–Kier alpha value is -1.32. The van der Waals surface area contributed by atoms with E-state index in [1.807, 2.05) is 0 Å². The van der Waals surface area contributed by atoms with E-state index in [-0.39, 0.29) is 5.54 Å². The Morgan fingerprint density at radius 1 is 1.18 bits per heavy atom. The molecular formula is C19H27N3. The van der Waals surface area contributed by atoms with E-state index < -0.39 is 0 Å². The van der Waals surface area contributed by atoms with Crippen molar-refractivity contribution in [1.82, 2.24) is 14.8 Å². The first-order chi connectivity index (χ1) is 10.6. The second-order valence-corrected chi connectivity index (χ2v) is 7.42. The zero-order valence-electron chi connectivity index (χ0n) is 14.0. The van der Waals surface area contributed by atoms with Gasteiger partial charge in [-0.2, -0.15) is 0 Å². The van der Waals surface area contributed by atoms with Crippen LogP contribution in [0.15, 0.2) is 24.3 Å². The van der Waals surface area contributed by atoms with E-state index in [1.54, 1.807) is 5.56 Å². The summed E-state index contributed by atoms with van der Waals surface area (Å²) in [5.41, 5.74) is 4.65. The Morgan fingerprint density at radius 3 is 2.64 bits per heavy atom. The fourth-order valence-corrected chi connectivity index (χ4v) is 4.77. The smallest absolute Gasteiger partial charge is 0.0613 e. The lowest BCUT2D eigenvalue weighted by Crippen LogP contribution is -2.52. The molecule has 118 valence electrons. The third-order valence-electron chi connectivity index (χ3n) is 6.22. The molecule has 2 heterocycles. The number of likely N-dealkylation sites (N-methyl/N-ethyl adjacent to an activating group) is 1. The van der Waals surface area contributed by atoms with Crippen LogP contribution >= 0.6 is 0 Å². The number of nitrogens with zero attached hydrogens (tertiary/aromatic N) is 2. The van der Waals surface area contributed by atoms with Gasteiger partial charge in [0.1, 0.15) is 0 Å². The molecule has 1 aromatic heterocycles. The summed E-state index contributed by atoms with van der Waals surface area (Å²) in [4.78, 5) is 8.82. The lowest BCUT2D eigenvalue weighted by molar-refractivity contribution is 0.0338. The van der Waals surface area contributed by atoms with E-state index in [0.29, 0.717) is 0 Å². The van der Waals surface area contributed by atoms with Crippen molar-refractivity contribution in [1.29, 1.82) is 0 Å². The summed E-state index contributed by atoms with van der Waals surface area (Å²) in [5, 5.41) is 1.44. The molecule has 2 aromatic rings. The van der Waals surface area contributed by atoms with Crippen molar-refractivity contribution in [2.45, 2.75) is 43.7 Å². The maximum absolute atomic E-state index is 3.80. The number of H-pyrrole nitrogens is 1. The first-order valence-corrected chi connectivity index (χ1v) is 8.59. The van der Waals surface area contributed by atoms with Gasteiger partial charge in [-0.1, -0.05) is 18.2 Å². The highest BCUT2D eigenvalue weighted by Gasteiger charge is 2.45. The van der Waals surface area contributed by atoms with Gasteiger partial charge < -0.3 is 9.88 Å². The molecule has 1 saturated carbocycles. The molecule has 1 spiro atoms. The van der Waals surface area contributed by atoms with Crippen LogP contribution in [-0.4, -0.2) is 48.5 Å². The minimum atomic E-state index is 0.235. The number of hydrogen-bond donors (Lipinski definition) is 1. The van der Waals surface area contributed by atoms with Crippen molar-refractivity contribution in [2.75, 3.05) is 27.7 Å². The maximum Gasteiger partial charge on any atom is 0.0613 e. The van der Waals surface area contributed by atoms with Crippen molar-refractivity contribution in [2.24, 2.45) is 0 Å². The zero-order chi connectivity index (χ0) is 15.3. The van der Waals surface area contributed by atoms with Gasteiger partial charge in [0.25, 0.3) is 0 Å².